The maximum atomic E-state index is 12.0. The second-order valence-corrected chi connectivity index (χ2v) is 5.15. The second-order valence-electron chi connectivity index (χ2n) is 5.15. The first-order valence-electron chi connectivity index (χ1n) is 6.69. The lowest BCUT2D eigenvalue weighted by Crippen LogP contribution is -2.37. The average Bonchev–Trinajstić information content (AvgIpc) is 2.87. The van der Waals surface area contributed by atoms with Crippen LogP contribution in [0.2, 0.25) is 0 Å². The number of hydrogen-bond acceptors (Lipinski definition) is 4. The predicted octanol–water partition coefficient (Wildman–Crippen LogP) is 0.984. The summed E-state index contributed by atoms with van der Waals surface area (Å²) < 4.78 is 5.51. The fourth-order valence-corrected chi connectivity index (χ4v) is 2.18. The number of hydrazine groups is 1. The van der Waals surface area contributed by atoms with Gasteiger partial charge in [-0.25, -0.2) is 5.84 Å². The molecule has 0 aromatic heterocycles. The van der Waals surface area contributed by atoms with Crippen molar-refractivity contribution in [2.75, 3.05) is 18.1 Å². The number of carbonyl (C=O) groups is 2. The number of amides is 2. The molecule has 21 heavy (non-hydrogen) atoms. The number of rotatable bonds is 5. The first-order chi connectivity index (χ1) is 10.0. The van der Waals surface area contributed by atoms with Gasteiger partial charge in [-0.3, -0.25) is 15.0 Å². The normalized spacial score (nSPS) is 17.7. The minimum Gasteiger partial charge on any atom is -0.489 e. The molecule has 2 rings (SSSR count). The average molecular weight is 289 g/mol. The van der Waals surface area contributed by atoms with E-state index in [9.17, 15) is 9.59 Å². The van der Waals surface area contributed by atoms with E-state index in [1.165, 1.54) is 0 Å². The number of anilines is 1. The molecular weight excluding hydrogens is 270 g/mol. The molecule has 1 fully saturated rings. The van der Waals surface area contributed by atoms with Crippen LogP contribution in [0.3, 0.4) is 0 Å². The van der Waals surface area contributed by atoms with Crippen molar-refractivity contribution >= 4 is 17.5 Å². The topological polar surface area (TPSA) is 84.7 Å². The predicted molar refractivity (Wildman–Crippen MR) is 79.5 cm³/mol. The van der Waals surface area contributed by atoms with Crippen molar-refractivity contribution in [2.45, 2.75) is 13.3 Å². The van der Waals surface area contributed by atoms with Gasteiger partial charge in [-0.15, -0.1) is 0 Å². The van der Waals surface area contributed by atoms with Crippen molar-refractivity contribution in [3.05, 3.63) is 36.4 Å². The van der Waals surface area contributed by atoms with Gasteiger partial charge in [0.2, 0.25) is 11.8 Å². The molecule has 0 spiro atoms. The Morgan fingerprint density at radius 3 is 2.71 bits per heavy atom. The largest absolute Gasteiger partial charge is 0.489 e. The Balaban J connectivity index is 2.03. The van der Waals surface area contributed by atoms with Crippen LogP contribution >= 0.6 is 0 Å². The molecule has 1 aromatic rings. The van der Waals surface area contributed by atoms with Crippen LogP contribution in [-0.4, -0.2) is 25.0 Å². The van der Waals surface area contributed by atoms with Crippen molar-refractivity contribution in [3.63, 3.8) is 0 Å². The summed E-state index contributed by atoms with van der Waals surface area (Å²) in [5, 5.41) is 0. The van der Waals surface area contributed by atoms with Gasteiger partial charge in [-0.2, -0.15) is 0 Å². The highest BCUT2D eigenvalue weighted by Gasteiger charge is 2.34. The molecule has 1 unspecified atom stereocenters. The minimum atomic E-state index is -0.401. The summed E-state index contributed by atoms with van der Waals surface area (Å²) in [6.45, 7) is 6.46. The summed E-state index contributed by atoms with van der Waals surface area (Å²) in [6.07, 6.45) is 0.178. The number of carbonyl (C=O) groups excluding carboxylic acids is 2. The third-order valence-electron chi connectivity index (χ3n) is 3.27. The van der Waals surface area contributed by atoms with Crippen molar-refractivity contribution < 1.29 is 14.3 Å². The maximum absolute atomic E-state index is 12.0. The van der Waals surface area contributed by atoms with E-state index in [0.29, 0.717) is 18.9 Å². The molecule has 1 aliphatic heterocycles. The molecular formula is C15H19N3O3. The second kappa shape index (κ2) is 6.41. The van der Waals surface area contributed by atoms with Gasteiger partial charge in [-0.1, -0.05) is 6.58 Å². The van der Waals surface area contributed by atoms with E-state index in [-0.39, 0.29) is 18.2 Å². The third-order valence-corrected chi connectivity index (χ3v) is 3.27. The molecule has 1 aromatic carbocycles. The Bertz CT molecular complexity index is 554. The first kappa shape index (κ1) is 15.1. The summed E-state index contributed by atoms with van der Waals surface area (Å²) >= 11 is 0. The third kappa shape index (κ3) is 3.61. The summed E-state index contributed by atoms with van der Waals surface area (Å²) in [4.78, 5) is 25.0. The quantitative estimate of drug-likeness (QED) is 0.366. The SMILES string of the molecule is C=C(C)COc1ccc(N2CC(C(=O)NN)CC2=O)cc1. The monoisotopic (exact) mass is 289 g/mol. The molecule has 1 heterocycles. The van der Waals surface area contributed by atoms with E-state index >= 15 is 0 Å². The van der Waals surface area contributed by atoms with Gasteiger partial charge in [0.15, 0.2) is 0 Å². The van der Waals surface area contributed by atoms with Crippen molar-refractivity contribution in [1.82, 2.24) is 5.43 Å². The van der Waals surface area contributed by atoms with E-state index in [0.717, 1.165) is 11.3 Å². The summed E-state index contributed by atoms with van der Waals surface area (Å²) in [5.41, 5.74) is 3.77. The molecule has 2 amide bonds. The van der Waals surface area contributed by atoms with Crippen LogP contribution in [-0.2, 0) is 9.59 Å². The van der Waals surface area contributed by atoms with Gasteiger partial charge in [-0.05, 0) is 36.8 Å². The van der Waals surface area contributed by atoms with Gasteiger partial charge >= 0.3 is 0 Å². The lowest BCUT2D eigenvalue weighted by Gasteiger charge is -2.17. The highest BCUT2D eigenvalue weighted by Crippen LogP contribution is 2.26. The molecule has 0 radical (unpaired) electrons. The zero-order valence-corrected chi connectivity index (χ0v) is 12.0. The van der Waals surface area contributed by atoms with E-state index < -0.39 is 5.92 Å². The van der Waals surface area contributed by atoms with Gasteiger partial charge in [0.25, 0.3) is 0 Å². The maximum Gasteiger partial charge on any atom is 0.239 e. The Morgan fingerprint density at radius 1 is 1.48 bits per heavy atom. The van der Waals surface area contributed by atoms with Crippen molar-refractivity contribution in [3.8, 4) is 5.75 Å². The Labute approximate surface area is 123 Å². The fraction of sp³-hybridized carbons (Fsp3) is 0.333. The van der Waals surface area contributed by atoms with Crippen LogP contribution in [0.25, 0.3) is 0 Å². The van der Waals surface area contributed by atoms with Crippen LogP contribution in [0.5, 0.6) is 5.75 Å². The number of hydrogen-bond donors (Lipinski definition) is 2. The molecule has 112 valence electrons. The lowest BCUT2D eigenvalue weighted by atomic mass is 10.1. The Hall–Kier alpha value is -2.34. The summed E-state index contributed by atoms with van der Waals surface area (Å²) in [6, 6.07) is 7.19. The van der Waals surface area contributed by atoms with Crippen LogP contribution in [0.4, 0.5) is 5.69 Å². The van der Waals surface area contributed by atoms with Crippen LogP contribution in [0, 0.1) is 5.92 Å². The molecule has 0 aliphatic carbocycles. The van der Waals surface area contributed by atoms with Crippen molar-refractivity contribution in [2.24, 2.45) is 11.8 Å². The highest BCUT2D eigenvalue weighted by molar-refractivity contribution is 6.00. The number of ether oxygens (including phenoxy) is 1. The molecule has 6 heteroatoms. The molecule has 3 N–H and O–H groups in total. The smallest absolute Gasteiger partial charge is 0.239 e. The zero-order chi connectivity index (χ0) is 15.4. The highest BCUT2D eigenvalue weighted by atomic mass is 16.5. The van der Waals surface area contributed by atoms with E-state index in [1.807, 2.05) is 6.92 Å². The van der Waals surface area contributed by atoms with Gasteiger partial charge in [0.05, 0.1) is 5.92 Å². The minimum absolute atomic E-state index is 0.0841. The zero-order valence-electron chi connectivity index (χ0n) is 12.0. The summed E-state index contributed by atoms with van der Waals surface area (Å²) in [5.74, 6) is 5.02. The Kier molecular flexibility index (Phi) is 4.59. The van der Waals surface area contributed by atoms with Gasteiger partial charge < -0.3 is 9.64 Å². The van der Waals surface area contributed by atoms with E-state index in [2.05, 4.69) is 12.0 Å². The molecule has 6 nitrogen and oxygen atoms in total. The van der Waals surface area contributed by atoms with E-state index in [4.69, 9.17) is 10.6 Å². The van der Waals surface area contributed by atoms with Crippen LogP contribution < -0.4 is 20.9 Å². The molecule has 1 aliphatic rings. The number of nitrogens with zero attached hydrogens (tertiary/aromatic N) is 1. The van der Waals surface area contributed by atoms with Crippen molar-refractivity contribution in [1.29, 1.82) is 0 Å². The van der Waals surface area contributed by atoms with Crippen LogP contribution in [0.1, 0.15) is 13.3 Å². The van der Waals surface area contributed by atoms with E-state index in [1.54, 1.807) is 29.2 Å². The number of nitrogens with two attached hydrogens (primary N) is 1. The Morgan fingerprint density at radius 2 is 2.14 bits per heavy atom. The summed E-state index contributed by atoms with van der Waals surface area (Å²) in [7, 11) is 0. The number of nitrogens with one attached hydrogen (secondary N) is 1. The number of benzene rings is 1. The molecule has 1 atom stereocenters. The fourth-order valence-electron chi connectivity index (χ4n) is 2.18. The first-order valence-corrected chi connectivity index (χ1v) is 6.69. The van der Waals surface area contributed by atoms with Crippen LogP contribution in [0.15, 0.2) is 36.4 Å². The molecule has 0 saturated carbocycles. The lowest BCUT2D eigenvalue weighted by molar-refractivity contribution is -0.126. The van der Waals surface area contributed by atoms with Gasteiger partial charge in [0, 0.05) is 18.7 Å². The molecule has 1 saturated heterocycles. The standard InChI is InChI=1S/C15H19N3O3/c1-10(2)9-21-13-5-3-12(4-6-13)18-8-11(7-14(18)19)15(20)17-16/h3-6,11H,1,7-9,16H2,2H3,(H,17,20). The molecule has 0 bridgehead atoms. The van der Waals surface area contributed by atoms with Gasteiger partial charge in [0.1, 0.15) is 12.4 Å².